The number of nitrogens with zero attached hydrogens (tertiary/aromatic N) is 1. The molecule has 0 radical (unpaired) electrons. The monoisotopic (exact) mass is 196 g/mol. The first-order valence-corrected chi connectivity index (χ1v) is 4.47. The second-order valence-electron chi connectivity index (χ2n) is 3.63. The minimum Gasteiger partial charge on any atom is -0.317 e. The van der Waals surface area contributed by atoms with Crippen LogP contribution in [0.5, 0.6) is 0 Å². The van der Waals surface area contributed by atoms with Gasteiger partial charge in [-0.3, -0.25) is 0 Å². The van der Waals surface area contributed by atoms with Crippen molar-refractivity contribution in [1.82, 2.24) is 4.90 Å². The number of hydrogen-bond donors (Lipinski definition) is 1. The molecule has 0 aliphatic carbocycles. The Morgan fingerprint density at radius 1 is 1.46 bits per heavy atom. The van der Waals surface area contributed by atoms with Gasteiger partial charge in [-0.1, -0.05) is 6.92 Å². The average molecular weight is 196 g/mol. The molecule has 0 unspecified atom stereocenters. The van der Waals surface area contributed by atoms with Crippen LogP contribution in [-0.4, -0.2) is 36.2 Å². The molecule has 0 bridgehead atoms. The molecule has 0 spiro atoms. The highest BCUT2D eigenvalue weighted by Crippen LogP contribution is 2.34. The molecule has 5 heteroatoms. The van der Waals surface area contributed by atoms with Crippen LogP contribution in [0.2, 0.25) is 0 Å². The number of nitrogens with two attached hydrogens (primary N) is 1. The van der Waals surface area contributed by atoms with Crippen LogP contribution in [0.25, 0.3) is 0 Å². The SMILES string of the molecule is CCN1CCC[C@](N)(C(F)(F)F)C1. The topological polar surface area (TPSA) is 29.3 Å². The maximum Gasteiger partial charge on any atom is 0.407 e. The summed E-state index contributed by atoms with van der Waals surface area (Å²) in [5, 5.41) is 0. The quantitative estimate of drug-likeness (QED) is 0.686. The van der Waals surface area contributed by atoms with Gasteiger partial charge >= 0.3 is 6.18 Å². The fourth-order valence-corrected chi connectivity index (χ4v) is 1.68. The van der Waals surface area contributed by atoms with Crippen LogP contribution < -0.4 is 5.73 Å². The van der Waals surface area contributed by atoms with Crippen molar-refractivity contribution in [3.05, 3.63) is 0 Å². The van der Waals surface area contributed by atoms with E-state index >= 15 is 0 Å². The third-order valence-corrected chi connectivity index (χ3v) is 2.61. The maximum absolute atomic E-state index is 12.5. The Labute approximate surface area is 75.9 Å². The highest BCUT2D eigenvalue weighted by atomic mass is 19.4. The molecule has 1 heterocycles. The van der Waals surface area contributed by atoms with Gasteiger partial charge < -0.3 is 10.6 Å². The number of rotatable bonds is 1. The maximum atomic E-state index is 12.5. The highest BCUT2D eigenvalue weighted by molar-refractivity contribution is 4.97. The lowest BCUT2D eigenvalue weighted by Crippen LogP contribution is -2.62. The van der Waals surface area contributed by atoms with Crippen LogP contribution in [-0.2, 0) is 0 Å². The van der Waals surface area contributed by atoms with Gasteiger partial charge in [0, 0.05) is 6.54 Å². The summed E-state index contributed by atoms with van der Waals surface area (Å²) in [5.74, 6) is 0. The molecule has 1 aliphatic heterocycles. The summed E-state index contributed by atoms with van der Waals surface area (Å²) in [6.07, 6.45) is -3.70. The summed E-state index contributed by atoms with van der Waals surface area (Å²) in [4.78, 5) is 1.75. The van der Waals surface area contributed by atoms with E-state index in [1.807, 2.05) is 6.92 Å². The van der Waals surface area contributed by atoms with Crippen LogP contribution >= 0.6 is 0 Å². The van der Waals surface area contributed by atoms with Crippen molar-refractivity contribution in [3.63, 3.8) is 0 Å². The molecule has 13 heavy (non-hydrogen) atoms. The Morgan fingerprint density at radius 3 is 2.54 bits per heavy atom. The fourth-order valence-electron chi connectivity index (χ4n) is 1.68. The Balaban J connectivity index is 2.68. The Kier molecular flexibility index (Phi) is 2.87. The molecular formula is C8H15F3N2. The largest absolute Gasteiger partial charge is 0.407 e. The van der Waals surface area contributed by atoms with Gasteiger partial charge in [-0.15, -0.1) is 0 Å². The molecule has 2 nitrogen and oxygen atoms in total. The van der Waals surface area contributed by atoms with Gasteiger partial charge in [-0.25, -0.2) is 0 Å². The van der Waals surface area contributed by atoms with E-state index in [-0.39, 0.29) is 13.0 Å². The van der Waals surface area contributed by atoms with Gasteiger partial charge in [0.05, 0.1) is 0 Å². The molecular weight excluding hydrogens is 181 g/mol. The second-order valence-corrected chi connectivity index (χ2v) is 3.63. The van der Waals surface area contributed by atoms with E-state index in [1.165, 1.54) is 0 Å². The van der Waals surface area contributed by atoms with Crippen LogP contribution in [0.4, 0.5) is 13.2 Å². The van der Waals surface area contributed by atoms with Crippen molar-refractivity contribution >= 4 is 0 Å². The standard InChI is InChI=1S/C8H15F3N2/c1-2-13-5-3-4-7(12,6-13)8(9,10)11/h2-6,12H2,1H3/t7-/m1/s1. The molecule has 1 atom stereocenters. The summed E-state index contributed by atoms with van der Waals surface area (Å²) < 4.78 is 37.5. The summed E-state index contributed by atoms with van der Waals surface area (Å²) in [6, 6.07) is 0. The van der Waals surface area contributed by atoms with Gasteiger partial charge in [0.2, 0.25) is 0 Å². The molecule has 0 saturated carbocycles. The van der Waals surface area contributed by atoms with Crippen LogP contribution in [0.3, 0.4) is 0 Å². The zero-order chi connectivity index (χ0) is 10.1. The molecule has 0 aromatic rings. The molecule has 78 valence electrons. The third kappa shape index (κ3) is 2.14. The van der Waals surface area contributed by atoms with Crippen LogP contribution in [0, 0.1) is 0 Å². The molecule has 0 aromatic heterocycles. The van der Waals surface area contributed by atoms with E-state index in [2.05, 4.69) is 0 Å². The molecule has 1 aliphatic rings. The molecule has 1 fully saturated rings. The zero-order valence-corrected chi connectivity index (χ0v) is 7.69. The van der Waals surface area contributed by atoms with Gasteiger partial charge in [-0.2, -0.15) is 13.2 Å². The van der Waals surface area contributed by atoms with E-state index < -0.39 is 11.7 Å². The number of likely N-dealkylation sites (N-methyl/N-ethyl adjacent to an activating group) is 1. The first kappa shape index (κ1) is 10.8. The Morgan fingerprint density at radius 2 is 2.08 bits per heavy atom. The third-order valence-electron chi connectivity index (χ3n) is 2.61. The normalized spacial score (nSPS) is 32.1. The van der Waals surface area contributed by atoms with Crippen molar-refractivity contribution in [1.29, 1.82) is 0 Å². The minimum absolute atomic E-state index is 0.0486. The highest BCUT2D eigenvalue weighted by Gasteiger charge is 2.53. The number of alkyl halides is 3. The van der Waals surface area contributed by atoms with Gasteiger partial charge in [0.15, 0.2) is 0 Å². The second kappa shape index (κ2) is 3.46. The number of hydrogen-bond acceptors (Lipinski definition) is 2. The first-order chi connectivity index (χ1) is 5.89. The number of piperidine rings is 1. The zero-order valence-electron chi connectivity index (χ0n) is 7.69. The van der Waals surface area contributed by atoms with E-state index in [1.54, 1.807) is 4.90 Å². The van der Waals surface area contributed by atoms with Gasteiger partial charge in [-0.05, 0) is 25.9 Å². The molecule has 0 aromatic carbocycles. The summed E-state index contributed by atoms with van der Waals surface area (Å²) in [5.41, 5.74) is 3.35. The lowest BCUT2D eigenvalue weighted by atomic mass is 9.89. The minimum atomic E-state index is -4.28. The van der Waals surface area contributed by atoms with Crippen LogP contribution in [0.1, 0.15) is 19.8 Å². The molecule has 1 saturated heterocycles. The lowest BCUT2D eigenvalue weighted by Gasteiger charge is -2.40. The predicted molar refractivity (Wildman–Crippen MR) is 44.3 cm³/mol. The summed E-state index contributed by atoms with van der Waals surface area (Å²) in [7, 11) is 0. The average Bonchev–Trinajstić information content (AvgIpc) is 2.02. The molecule has 2 N–H and O–H groups in total. The van der Waals surface area contributed by atoms with Crippen molar-refractivity contribution in [2.75, 3.05) is 19.6 Å². The van der Waals surface area contributed by atoms with Crippen molar-refractivity contribution in [3.8, 4) is 0 Å². The van der Waals surface area contributed by atoms with Crippen molar-refractivity contribution in [2.24, 2.45) is 5.73 Å². The van der Waals surface area contributed by atoms with Gasteiger partial charge in [0.25, 0.3) is 0 Å². The van der Waals surface area contributed by atoms with E-state index in [0.29, 0.717) is 13.0 Å². The number of likely N-dealkylation sites (tertiary alicyclic amines) is 1. The first-order valence-electron chi connectivity index (χ1n) is 4.47. The molecule has 0 amide bonds. The smallest absolute Gasteiger partial charge is 0.317 e. The lowest BCUT2D eigenvalue weighted by molar-refractivity contribution is -0.198. The number of halogens is 3. The van der Waals surface area contributed by atoms with Gasteiger partial charge in [0.1, 0.15) is 5.54 Å². The summed E-state index contributed by atoms with van der Waals surface area (Å²) >= 11 is 0. The van der Waals surface area contributed by atoms with E-state index in [0.717, 1.165) is 6.54 Å². The fraction of sp³-hybridized carbons (Fsp3) is 1.00. The van der Waals surface area contributed by atoms with Crippen molar-refractivity contribution in [2.45, 2.75) is 31.5 Å². The van der Waals surface area contributed by atoms with E-state index in [4.69, 9.17) is 5.73 Å². The van der Waals surface area contributed by atoms with E-state index in [9.17, 15) is 13.2 Å². The van der Waals surface area contributed by atoms with Crippen LogP contribution in [0.15, 0.2) is 0 Å². The summed E-state index contributed by atoms with van der Waals surface area (Å²) in [6.45, 7) is 3.15. The molecule has 1 rings (SSSR count). The Bertz CT molecular complexity index is 181. The predicted octanol–water partition coefficient (Wildman–Crippen LogP) is 1.36. The van der Waals surface area contributed by atoms with Crippen molar-refractivity contribution < 1.29 is 13.2 Å². The Hall–Kier alpha value is -0.290.